The van der Waals surface area contributed by atoms with Crippen molar-refractivity contribution in [3.05, 3.63) is 0 Å². The molecule has 2 heteroatoms. The fourth-order valence-electron chi connectivity index (χ4n) is 1.87. The van der Waals surface area contributed by atoms with Gasteiger partial charge in [-0.25, -0.2) is 0 Å². The molecule has 1 aliphatic rings. The Morgan fingerprint density at radius 2 is 1.79 bits per heavy atom. The van der Waals surface area contributed by atoms with Crippen molar-refractivity contribution in [1.29, 1.82) is 0 Å². The summed E-state index contributed by atoms with van der Waals surface area (Å²) in [6, 6.07) is 0. The monoisotopic (exact) mass is 199 g/mol. The molecule has 0 aliphatic carbocycles. The van der Waals surface area contributed by atoms with Gasteiger partial charge in [0.1, 0.15) is 5.78 Å². The summed E-state index contributed by atoms with van der Waals surface area (Å²) >= 11 is 0. The second-order valence-corrected chi connectivity index (χ2v) is 3.83. The van der Waals surface area contributed by atoms with E-state index in [0.29, 0.717) is 12.3 Å². The van der Waals surface area contributed by atoms with Gasteiger partial charge in [0.2, 0.25) is 0 Å². The van der Waals surface area contributed by atoms with Crippen molar-refractivity contribution in [2.75, 3.05) is 19.6 Å². The van der Waals surface area contributed by atoms with Crippen molar-refractivity contribution in [3.63, 3.8) is 0 Å². The number of Topliss-reactive ketones (excluding diaryl/α,β-unsaturated/α-hetero) is 1. The van der Waals surface area contributed by atoms with E-state index in [2.05, 4.69) is 11.8 Å². The third-order valence-corrected chi connectivity index (χ3v) is 2.73. The quantitative estimate of drug-likeness (QED) is 0.696. The minimum absolute atomic E-state index is 0.296. The Balaban J connectivity index is 0.000000791. The topological polar surface area (TPSA) is 20.3 Å². The molecule has 0 atom stereocenters. The molecule has 84 valence electrons. The molecule has 1 rings (SSSR count). The van der Waals surface area contributed by atoms with E-state index in [1.165, 1.54) is 19.3 Å². The number of hydrogen-bond acceptors (Lipinski definition) is 2. The molecule has 14 heavy (non-hydrogen) atoms. The highest BCUT2D eigenvalue weighted by Gasteiger charge is 2.17. The molecule has 0 bridgehead atoms. The average molecular weight is 199 g/mol. The maximum Gasteiger partial charge on any atom is 0.143 e. The highest BCUT2D eigenvalue weighted by molar-refractivity contribution is 5.77. The fourth-order valence-corrected chi connectivity index (χ4v) is 1.87. The standard InChI is InChI=1S/C10H19NO.C2H6/c1-3-10-4-6-11(7-5-10)8-9(2)12;1-2/h10H,3-8H2,1-2H3;1-2H3. The van der Waals surface area contributed by atoms with Crippen LogP contribution in [-0.4, -0.2) is 30.3 Å². The van der Waals surface area contributed by atoms with Gasteiger partial charge < -0.3 is 0 Å². The lowest BCUT2D eigenvalue weighted by atomic mass is 9.94. The number of ketones is 1. The van der Waals surface area contributed by atoms with Crippen LogP contribution in [-0.2, 0) is 4.79 Å². The number of likely N-dealkylation sites (tertiary alicyclic amines) is 1. The lowest BCUT2D eigenvalue weighted by molar-refractivity contribution is -0.118. The molecule has 1 heterocycles. The Bertz CT molecular complexity index is 148. The zero-order valence-electron chi connectivity index (χ0n) is 10.2. The van der Waals surface area contributed by atoms with E-state index in [4.69, 9.17) is 0 Å². The maximum absolute atomic E-state index is 10.8. The molecule has 0 unspecified atom stereocenters. The Kier molecular flexibility index (Phi) is 7.77. The Morgan fingerprint density at radius 1 is 1.29 bits per heavy atom. The van der Waals surface area contributed by atoms with Crippen LogP contribution >= 0.6 is 0 Å². The molecule has 0 N–H and O–H groups in total. The molecule has 1 fully saturated rings. The number of rotatable bonds is 3. The normalized spacial score (nSPS) is 18.6. The largest absolute Gasteiger partial charge is 0.299 e. The van der Waals surface area contributed by atoms with E-state index < -0.39 is 0 Å². The van der Waals surface area contributed by atoms with E-state index in [1.807, 2.05) is 13.8 Å². The van der Waals surface area contributed by atoms with Crippen LogP contribution in [0, 0.1) is 5.92 Å². The zero-order chi connectivity index (χ0) is 11.0. The summed E-state index contributed by atoms with van der Waals surface area (Å²) in [5, 5.41) is 0. The molecule has 2 nitrogen and oxygen atoms in total. The molecule has 0 spiro atoms. The van der Waals surface area contributed by atoms with Gasteiger partial charge in [0.15, 0.2) is 0 Å². The third kappa shape index (κ3) is 5.38. The van der Waals surface area contributed by atoms with Gasteiger partial charge in [0.25, 0.3) is 0 Å². The summed E-state index contributed by atoms with van der Waals surface area (Å²) < 4.78 is 0. The van der Waals surface area contributed by atoms with Crippen molar-refractivity contribution in [2.45, 2.75) is 47.0 Å². The molecular weight excluding hydrogens is 174 g/mol. The first-order valence-corrected chi connectivity index (χ1v) is 5.94. The summed E-state index contributed by atoms with van der Waals surface area (Å²) in [6.45, 7) is 10.8. The van der Waals surface area contributed by atoms with Gasteiger partial charge in [-0.2, -0.15) is 0 Å². The zero-order valence-corrected chi connectivity index (χ0v) is 10.2. The summed E-state index contributed by atoms with van der Waals surface area (Å²) in [5.41, 5.74) is 0. The van der Waals surface area contributed by atoms with E-state index in [9.17, 15) is 4.79 Å². The van der Waals surface area contributed by atoms with Crippen molar-refractivity contribution >= 4 is 5.78 Å². The third-order valence-electron chi connectivity index (χ3n) is 2.73. The number of hydrogen-bond donors (Lipinski definition) is 0. The highest BCUT2D eigenvalue weighted by atomic mass is 16.1. The summed E-state index contributed by atoms with van der Waals surface area (Å²) in [4.78, 5) is 13.1. The molecule has 0 aromatic carbocycles. The number of carbonyl (C=O) groups is 1. The van der Waals surface area contributed by atoms with Gasteiger partial charge in [0.05, 0.1) is 6.54 Å². The lowest BCUT2D eigenvalue weighted by Gasteiger charge is -2.30. The number of nitrogens with zero attached hydrogens (tertiary/aromatic N) is 1. The van der Waals surface area contributed by atoms with Crippen LogP contribution in [0.3, 0.4) is 0 Å². The average Bonchev–Trinajstić information content (AvgIpc) is 2.21. The van der Waals surface area contributed by atoms with Crippen molar-refractivity contribution in [1.82, 2.24) is 4.90 Å². The van der Waals surface area contributed by atoms with Gasteiger partial charge in [-0.1, -0.05) is 27.2 Å². The predicted octanol–water partition coefficient (Wildman–Crippen LogP) is 2.72. The van der Waals surface area contributed by atoms with Crippen LogP contribution in [0.1, 0.15) is 47.0 Å². The van der Waals surface area contributed by atoms with Gasteiger partial charge in [-0.3, -0.25) is 9.69 Å². The number of carbonyl (C=O) groups excluding carboxylic acids is 1. The molecular formula is C12H25NO. The molecule has 1 saturated heterocycles. The second kappa shape index (κ2) is 7.98. The van der Waals surface area contributed by atoms with Crippen LogP contribution in [0.15, 0.2) is 0 Å². The first-order chi connectivity index (χ1) is 6.72. The summed E-state index contributed by atoms with van der Waals surface area (Å²) in [6.07, 6.45) is 3.86. The van der Waals surface area contributed by atoms with E-state index in [1.54, 1.807) is 6.92 Å². The smallest absolute Gasteiger partial charge is 0.143 e. The lowest BCUT2D eigenvalue weighted by Crippen LogP contribution is -2.36. The molecule has 1 aliphatic heterocycles. The molecule has 0 aromatic rings. The molecule has 0 aromatic heterocycles. The summed E-state index contributed by atoms with van der Waals surface area (Å²) in [7, 11) is 0. The van der Waals surface area contributed by atoms with E-state index in [-0.39, 0.29) is 0 Å². The van der Waals surface area contributed by atoms with Crippen LogP contribution in [0.4, 0.5) is 0 Å². The van der Waals surface area contributed by atoms with E-state index in [0.717, 1.165) is 19.0 Å². The van der Waals surface area contributed by atoms with Crippen molar-refractivity contribution in [3.8, 4) is 0 Å². The van der Waals surface area contributed by atoms with Crippen LogP contribution in [0.25, 0.3) is 0 Å². The van der Waals surface area contributed by atoms with Gasteiger partial charge >= 0.3 is 0 Å². The maximum atomic E-state index is 10.8. The van der Waals surface area contributed by atoms with Gasteiger partial charge in [0, 0.05) is 0 Å². The minimum Gasteiger partial charge on any atom is -0.299 e. The highest BCUT2D eigenvalue weighted by Crippen LogP contribution is 2.19. The van der Waals surface area contributed by atoms with Crippen molar-refractivity contribution in [2.24, 2.45) is 5.92 Å². The Labute approximate surface area is 88.7 Å². The minimum atomic E-state index is 0.296. The molecule has 0 saturated carbocycles. The van der Waals surface area contributed by atoms with E-state index >= 15 is 0 Å². The summed E-state index contributed by atoms with van der Waals surface area (Å²) in [5.74, 6) is 1.21. The molecule has 0 amide bonds. The Morgan fingerprint density at radius 3 is 2.14 bits per heavy atom. The second-order valence-electron chi connectivity index (χ2n) is 3.83. The first kappa shape index (κ1) is 13.6. The Hall–Kier alpha value is -0.370. The first-order valence-electron chi connectivity index (χ1n) is 5.94. The van der Waals surface area contributed by atoms with Gasteiger partial charge in [-0.05, 0) is 38.8 Å². The fraction of sp³-hybridized carbons (Fsp3) is 0.917. The van der Waals surface area contributed by atoms with Crippen LogP contribution in [0.2, 0.25) is 0 Å². The van der Waals surface area contributed by atoms with Crippen LogP contribution in [0.5, 0.6) is 0 Å². The van der Waals surface area contributed by atoms with Crippen molar-refractivity contribution < 1.29 is 4.79 Å². The van der Waals surface area contributed by atoms with Crippen LogP contribution < -0.4 is 0 Å². The number of piperidine rings is 1. The SMILES string of the molecule is CC.CCC1CCN(CC(C)=O)CC1. The molecule has 0 radical (unpaired) electrons. The van der Waals surface area contributed by atoms with Gasteiger partial charge in [-0.15, -0.1) is 0 Å². The predicted molar refractivity (Wildman–Crippen MR) is 61.5 cm³/mol.